The Hall–Kier alpha value is -3.60. The number of hydrogen-bond acceptors (Lipinski definition) is 4. The van der Waals surface area contributed by atoms with E-state index in [0.29, 0.717) is 6.04 Å². The lowest BCUT2D eigenvalue weighted by atomic mass is 9.84. The second-order valence-electron chi connectivity index (χ2n) is 9.81. The van der Waals surface area contributed by atoms with Crippen molar-refractivity contribution in [2.24, 2.45) is 0 Å². The van der Waals surface area contributed by atoms with Crippen LogP contribution in [0.2, 0.25) is 10.0 Å². The van der Waals surface area contributed by atoms with Crippen LogP contribution in [0.4, 0.5) is 11.4 Å². The summed E-state index contributed by atoms with van der Waals surface area (Å²) in [5.74, 6) is 0.0377. The number of rotatable bonds is 6. The molecule has 38 heavy (non-hydrogen) atoms. The van der Waals surface area contributed by atoms with E-state index in [2.05, 4.69) is 87.1 Å². The molecule has 0 unspecified atom stereocenters. The van der Waals surface area contributed by atoms with Crippen LogP contribution < -0.4 is 10.2 Å². The summed E-state index contributed by atoms with van der Waals surface area (Å²) >= 11 is 12.5. The summed E-state index contributed by atoms with van der Waals surface area (Å²) in [5, 5.41) is 15.1. The average Bonchev–Trinajstić information content (AvgIpc) is 2.96. The molecule has 1 N–H and O–H groups in total. The number of nitrogens with one attached hydrogen (secondary N) is 1. The van der Waals surface area contributed by atoms with Crippen LogP contribution >= 0.6 is 23.2 Å². The maximum absolute atomic E-state index is 6.23. The van der Waals surface area contributed by atoms with Crippen LogP contribution in [0.3, 0.4) is 0 Å². The third kappa shape index (κ3) is 5.33. The van der Waals surface area contributed by atoms with Gasteiger partial charge in [0.2, 0.25) is 0 Å². The van der Waals surface area contributed by atoms with Crippen molar-refractivity contribution in [1.29, 1.82) is 0 Å². The lowest BCUT2D eigenvalue weighted by Crippen LogP contribution is -2.39. The van der Waals surface area contributed by atoms with Gasteiger partial charge in [-0.15, -0.1) is 0 Å². The van der Waals surface area contributed by atoms with E-state index >= 15 is 0 Å². The van der Waals surface area contributed by atoms with E-state index in [1.807, 2.05) is 36.5 Å². The number of benzene rings is 4. The molecule has 2 heterocycles. The van der Waals surface area contributed by atoms with Crippen molar-refractivity contribution in [3.63, 3.8) is 0 Å². The number of fused-ring (bicyclic) bond motifs is 1. The highest BCUT2D eigenvalue weighted by molar-refractivity contribution is 6.30. The zero-order valence-electron chi connectivity index (χ0n) is 20.9. The van der Waals surface area contributed by atoms with Crippen LogP contribution in [-0.4, -0.2) is 29.3 Å². The second kappa shape index (κ2) is 11.0. The van der Waals surface area contributed by atoms with Crippen molar-refractivity contribution in [2.75, 3.05) is 23.3 Å². The number of para-hydroxylation sites is 1. The summed E-state index contributed by atoms with van der Waals surface area (Å²) < 4.78 is 0. The molecular formula is C32H28Cl2N4. The molecule has 0 saturated carbocycles. The van der Waals surface area contributed by atoms with Crippen LogP contribution in [0, 0.1) is 0 Å². The van der Waals surface area contributed by atoms with E-state index in [-0.39, 0.29) is 5.92 Å². The zero-order chi connectivity index (χ0) is 25.9. The van der Waals surface area contributed by atoms with Gasteiger partial charge in [-0.3, -0.25) is 0 Å². The monoisotopic (exact) mass is 538 g/mol. The minimum absolute atomic E-state index is 0.0377. The Morgan fingerprint density at radius 1 is 0.737 bits per heavy atom. The topological polar surface area (TPSA) is 41.1 Å². The van der Waals surface area contributed by atoms with Gasteiger partial charge in [0.15, 0.2) is 0 Å². The number of nitrogens with zero attached hydrogens (tertiary/aromatic N) is 3. The summed E-state index contributed by atoms with van der Waals surface area (Å²) in [6, 6.07) is 33.6. The molecular weight excluding hydrogens is 511 g/mol. The number of hydrogen-bond donors (Lipinski definition) is 1. The molecule has 0 bridgehead atoms. The summed E-state index contributed by atoms with van der Waals surface area (Å²) in [6.45, 7) is 1.93. The molecule has 0 spiro atoms. The molecule has 6 heteroatoms. The number of halogens is 2. The van der Waals surface area contributed by atoms with Gasteiger partial charge in [-0.25, -0.2) is 0 Å². The fourth-order valence-corrected chi connectivity index (χ4v) is 5.67. The molecule has 1 aliphatic heterocycles. The van der Waals surface area contributed by atoms with E-state index in [1.165, 1.54) is 22.4 Å². The fourth-order valence-electron chi connectivity index (χ4n) is 5.42. The predicted octanol–water partition coefficient (Wildman–Crippen LogP) is 8.20. The number of aromatic nitrogens is 2. The van der Waals surface area contributed by atoms with Crippen molar-refractivity contribution in [1.82, 2.24) is 10.2 Å². The van der Waals surface area contributed by atoms with Crippen LogP contribution in [-0.2, 0) is 0 Å². The van der Waals surface area contributed by atoms with Crippen LogP contribution in [0.15, 0.2) is 103 Å². The van der Waals surface area contributed by atoms with Crippen molar-refractivity contribution < 1.29 is 0 Å². The van der Waals surface area contributed by atoms with Crippen molar-refractivity contribution in [2.45, 2.75) is 24.8 Å². The van der Waals surface area contributed by atoms with Crippen molar-refractivity contribution >= 4 is 45.5 Å². The molecule has 4 aromatic carbocycles. The Balaban J connectivity index is 1.32. The first kappa shape index (κ1) is 24.7. The third-order valence-electron chi connectivity index (χ3n) is 7.36. The van der Waals surface area contributed by atoms with E-state index in [9.17, 15) is 0 Å². The maximum Gasteiger partial charge on any atom is 0.0950 e. The summed E-state index contributed by atoms with van der Waals surface area (Å²) in [5.41, 5.74) is 6.77. The molecule has 0 aliphatic carbocycles. The largest absolute Gasteiger partial charge is 0.382 e. The molecule has 1 fully saturated rings. The summed E-state index contributed by atoms with van der Waals surface area (Å²) in [4.78, 5) is 2.45. The highest BCUT2D eigenvalue weighted by Gasteiger charge is 2.23. The molecule has 5 aromatic rings. The average molecular weight is 540 g/mol. The SMILES string of the molecule is Clc1ccc(C(c2ccc(Cl)cc2)c2ccc3nncc(N4CCC(Nc5ccccc5)CC4)c3c2)cc1. The lowest BCUT2D eigenvalue weighted by Gasteiger charge is -2.34. The van der Waals surface area contributed by atoms with E-state index in [4.69, 9.17) is 23.2 Å². The Bertz CT molecular complexity index is 1470. The molecule has 0 amide bonds. The smallest absolute Gasteiger partial charge is 0.0950 e. The van der Waals surface area contributed by atoms with Crippen LogP contribution in [0.25, 0.3) is 10.9 Å². The number of piperidine rings is 1. The lowest BCUT2D eigenvalue weighted by molar-refractivity contribution is 0.527. The summed E-state index contributed by atoms with van der Waals surface area (Å²) in [6.07, 6.45) is 4.05. The molecule has 6 rings (SSSR count). The minimum Gasteiger partial charge on any atom is -0.382 e. The van der Waals surface area contributed by atoms with Crippen molar-refractivity contribution in [3.8, 4) is 0 Å². The normalized spacial score (nSPS) is 14.2. The van der Waals surface area contributed by atoms with Gasteiger partial charge in [-0.1, -0.05) is 71.7 Å². The quantitative estimate of drug-likeness (QED) is 0.221. The molecule has 1 saturated heterocycles. The molecule has 4 nitrogen and oxygen atoms in total. The van der Waals surface area contributed by atoms with Crippen molar-refractivity contribution in [3.05, 3.63) is 130 Å². The first-order valence-electron chi connectivity index (χ1n) is 13.0. The standard InChI is InChI=1S/C32H28Cl2N4/c33-25-11-6-22(7-12-25)32(23-8-13-26(34)14-9-23)24-10-15-30-29(20-24)31(21-35-37-30)38-18-16-28(17-19-38)36-27-4-2-1-3-5-27/h1-15,20-21,28,32,36H,16-19H2. The van der Waals surface area contributed by atoms with E-state index in [0.717, 1.165) is 52.6 Å². The number of anilines is 2. The predicted molar refractivity (Wildman–Crippen MR) is 159 cm³/mol. The maximum atomic E-state index is 6.23. The van der Waals surface area contributed by atoms with E-state index in [1.54, 1.807) is 0 Å². The van der Waals surface area contributed by atoms with Gasteiger partial charge >= 0.3 is 0 Å². The van der Waals surface area contributed by atoms with Gasteiger partial charge in [0.25, 0.3) is 0 Å². The highest BCUT2D eigenvalue weighted by atomic mass is 35.5. The molecule has 0 atom stereocenters. The highest BCUT2D eigenvalue weighted by Crippen LogP contribution is 2.36. The third-order valence-corrected chi connectivity index (χ3v) is 7.87. The fraction of sp³-hybridized carbons (Fsp3) is 0.188. The first-order valence-corrected chi connectivity index (χ1v) is 13.7. The first-order chi connectivity index (χ1) is 18.6. The Morgan fingerprint density at radius 3 is 1.97 bits per heavy atom. The summed E-state index contributed by atoms with van der Waals surface area (Å²) in [7, 11) is 0. The van der Waals surface area contributed by atoms with Gasteiger partial charge in [0, 0.05) is 46.2 Å². The van der Waals surface area contributed by atoms with Gasteiger partial charge in [0.1, 0.15) is 0 Å². The molecule has 1 aliphatic rings. The van der Waals surface area contributed by atoms with Gasteiger partial charge in [-0.05, 0) is 78.1 Å². The Labute approximate surface area is 233 Å². The van der Waals surface area contributed by atoms with Crippen LogP contribution in [0.5, 0.6) is 0 Å². The Morgan fingerprint density at radius 2 is 1.34 bits per heavy atom. The molecule has 190 valence electrons. The molecule has 0 radical (unpaired) electrons. The van der Waals surface area contributed by atoms with Gasteiger partial charge in [-0.2, -0.15) is 10.2 Å². The zero-order valence-corrected chi connectivity index (χ0v) is 22.4. The second-order valence-corrected chi connectivity index (χ2v) is 10.7. The molecule has 1 aromatic heterocycles. The van der Waals surface area contributed by atoms with E-state index < -0.39 is 0 Å². The van der Waals surface area contributed by atoms with Crippen LogP contribution in [0.1, 0.15) is 35.4 Å². The van der Waals surface area contributed by atoms with Gasteiger partial charge < -0.3 is 10.2 Å². The van der Waals surface area contributed by atoms with Gasteiger partial charge in [0.05, 0.1) is 17.4 Å². The Kier molecular flexibility index (Phi) is 7.17. The minimum atomic E-state index is 0.0377.